The number of carbonyl (C=O) groups excluding carboxylic acids is 1. The number of ether oxygens (including phenoxy) is 3. The first kappa shape index (κ1) is 12.4. The summed E-state index contributed by atoms with van der Waals surface area (Å²) in [5, 5.41) is 2.74. The second-order valence-corrected chi connectivity index (χ2v) is 3.70. The topological polar surface area (TPSA) is 56.8 Å². The van der Waals surface area contributed by atoms with E-state index < -0.39 is 6.29 Å². The van der Waals surface area contributed by atoms with Gasteiger partial charge in [0, 0.05) is 20.8 Å². The molecule has 2 unspecified atom stereocenters. The zero-order chi connectivity index (χ0) is 11.3. The van der Waals surface area contributed by atoms with E-state index in [1.807, 2.05) is 6.92 Å². The van der Waals surface area contributed by atoms with Gasteiger partial charge in [0.15, 0.2) is 6.29 Å². The predicted octanol–water partition coefficient (Wildman–Crippen LogP) is 0.146. The molecule has 0 radical (unpaired) electrons. The van der Waals surface area contributed by atoms with Crippen LogP contribution in [-0.2, 0) is 19.0 Å². The maximum Gasteiger partial charge on any atom is 0.249 e. The number of hydrogen-bond donors (Lipinski definition) is 1. The van der Waals surface area contributed by atoms with Gasteiger partial charge in [0.1, 0.15) is 6.10 Å². The van der Waals surface area contributed by atoms with Crippen LogP contribution in [0.25, 0.3) is 0 Å². The third-order valence-electron chi connectivity index (χ3n) is 2.61. The molecule has 1 N–H and O–H groups in total. The summed E-state index contributed by atoms with van der Waals surface area (Å²) in [6.45, 7) is 3.02. The maximum absolute atomic E-state index is 11.6. The van der Waals surface area contributed by atoms with Gasteiger partial charge < -0.3 is 19.5 Å². The number of amides is 1. The van der Waals surface area contributed by atoms with E-state index in [0.717, 1.165) is 6.42 Å². The van der Waals surface area contributed by atoms with Gasteiger partial charge in [-0.3, -0.25) is 4.79 Å². The Hall–Kier alpha value is -0.650. The highest BCUT2D eigenvalue weighted by Gasteiger charge is 2.30. The lowest BCUT2D eigenvalue weighted by molar-refractivity contribution is -0.136. The van der Waals surface area contributed by atoms with Crippen molar-refractivity contribution >= 4 is 5.91 Å². The van der Waals surface area contributed by atoms with E-state index in [4.69, 9.17) is 14.2 Å². The van der Waals surface area contributed by atoms with Crippen molar-refractivity contribution < 1.29 is 19.0 Å². The standard InChI is InChI=1S/C10H19NO4/c1-7-4-5-15-9(7)10(12)11-6-8(13-2)14-3/h7-9H,4-6H2,1-3H3,(H,11,12). The monoisotopic (exact) mass is 217 g/mol. The first-order valence-corrected chi connectivity index (χ1v) is 5.14. The molecule has 0 aromatic carbocycles. The van der Waals surface area contributed by atoms with Crippen molar-refractivity contribution in [3.63, 3.8) is 0 Å². The molecule has 0 bridgehead atoms. The van der Waals surface area contributed by atoms with E-state index in [-0.39, 0.29) is 17.9 Å². The molecule has 5 nitrogen and oxygen atoms in total. The third-order valence-corrected chi connectivity index (χ3v) is 2.61. The minimum absolute atomic E-state index is 0.0842. The summed E-state index contributed by atoms with van der Waals surface area (Å²) in [6, 6.07) is 0. The fourth-order valence-electron chi connectivity index (χ4n) is 1.58. The zero-order valence-electron chi connectivity index (χ0n) is 9.49. The van der Waals surface area contributed by atoms with Crippen LogP contribution < -0.4 is 5.32 Å². The second-order valence-electron chi connectivity index (χ2n) is 3.70. The number of hydrogen-bond acceptors (Lipinski definition) is 4. The number of nitrogens with one attached hydrogen (secondary N) is 1. The van der Waals surface area contributed by atoms with Gasteiger partial charge in [0.25, 0.3) is 0 Å². The molecule has 1 rings (SSSR count). The molecule has 0 spiro atoms. The smallest absolute Gasteiger partial charge is 0.249 e. The minimum atomic E-state index is -0.398. The molecule has 1 aliphatic rings. The van der Waals surface area contributed by atoms with Crippen molar-refractivity contribution in [2.75, 3.05) is 27.4 Å². The van der Waals surface area contributed by atoms with Crippen LogP contribution in [0, 0.1) is 5.92 Å². The van der Waals surface area contributed by atoms with Crippen LogP contribution in [0.2, 0.25) is 0 Å². The van der Waals surface area contributed by atoms with Crippen molar-refractivity contribution in [2.24, 2.45) is 5.92 Å². The highest BCUT2D eigenvalue weighted by Crippen LogP contribution is 2.19. The van der Waals surface area contributed by atoms with Crippen molar-refractivity contribution in [3.8, 4) is 0 Å². The van der Waals surface area contributed by atoms with Gasteiger partial charge in [-0.1, -0.05) is 6.92 Å². The lowest BCUT2D eigenvalue weighted by Crippen LogP contribution is -2.41. The Balaban J connectivity index is 2.29. The van der Waals surface area contributed by atoms with E-state index >= 15 is 0 Å². The zero-order valence-corrected chi connectivity index (χ0v) is 9.49. The summed E-state index contributed by atoms with van der Waals surface area (Å²) >= 11 is 0. The quantitative estimate of drug-likeness (QED) is 0.666. The van der Waals surface area contributed by atoms with Crippen LogP contribution in [-0.4, -0.2) is 45.7 Å². The molecule has 1 fully saturated rings. The van der Waals surface area contributed by atoms with Gasteiger partial charge in [-0.15, -0.1) is 0 Å². The molecular weight excluding hydrogens is 198 g/mol. The molecule has 1 heterocycles. The highest BCUT2D eigenvalue weighted by molar-refractivity contribution is 5.81. The summed E-state index contributed by atoms with van der Waals surface area (Å²) in [6.07, 6.45) is 0.223. The van der Waals surface area contributed by atoms with E-state index in [1.165, 1.54) is 14.2 Å². The van der Waals surface area contributed by atoms with Crippen LogP contribution in [0.15, 0.2) is 0 Å². The Morgan fingerprint density at radius 3 is 2.67 bits per heavy atom. The van der Waals surface area contributed by atoms with Gasteiger partial charge >= 0.3 is 0 Å². The van der Waals surface area contributed by atoms with Crippen molar-refractivity contribution in [1.82, 2.24) is 5.32 Å². The lowest BCUT2D eigenvalue weighted by atomic mass is 10.0. The summed E-state index contributed by atoms with van der Waals surface area (Å²) < 4.78 is 15.3. The van der Waals surface area contributed by atoms with E-state index in [9.17, 15) is 4.79 Å². The normalized spacial score (nSPS) is 25.9. The molecule has 0 aliphatic carbocycles. The Kier molecular flexibility index (Phi) is 5.01. The van der Waals surface area contributed by atoms with Gasteiger partial charge in [-0.25, -0.2) is 0 Å². The summed E-state index contributed by atoms with van der Waals surface area (Å²) in [7, 11) is 3.07. The van der Waals surface area contributed by atoms with Crippen molar-refractivity contribution in [2.45, 2.75) is 25.7 Å². The Morgan fingerprint density at radius 2 is 2.20 bits per heavy atom. The predicted molar refractivity (Wildman–Crippen MR) is 54.3 cm³/mol. The molecule has 0 saturated carbocycles. The minimum Gasteiger partial charge on any atom is -0.368 e. The first-order valence-electron chi connectivity index (χ1n) is 5.14. The molecule has 2 atom stereocenters. The van der Waals surface area contributed by atoms with E-state index in [1.54, 1.807) is 0 Å². The van der Waals surface area contributed by atoms with Gasteiger partial charge in [-0.2, -0.15) is 0 Å². The second kappa shape index (κ2) is 6.05. The molecule has 15 heavy (non-hydrogen) atoms. The molecule has 1 saturated heterocycles. The van der Waals surface area contributed by atoms with Crippen LogP contribution in [0.3, 0.4) is 0 Å². The van der Waals surface area contributed by atoms with Gasteiger partial charge in [0.2, 0.25) is 5.91 Å². The average molecular weight is 217 g/mol. The van der Waals surface area contributed by atoms with E-state index in [2.05, 4.69) is 5.32 Å². The third kappa shape index (κ3) is 3.44. The molecular formula is C10H19NO4. The highest BCUT2D eigenvalue weighted by atomic mass is 16.7. The summed E-state index contributed by atoms with van der Waals surface area (Å²) in [5.74, 6) is 0.202. The maximum atomic E-state index is 11.6. The molecule has 1 aliphatic heterocycles. The molecule has 0 aromatic rings. The fourth-order valence-corrected chi connectivity index (χ4v) is 1.58. The SMILES string of the molecule is COC(CNC(=O)C1OCCC1C)OC. The fraction of sp³-hybridized carbons (Fsp3) is 0.900. The molecule has 88 valence electrons. The lowest BCUT2D eigenvalue weighted by Gasteiger charge is -2.17. The summed E-state index contributed by atoms with van der Waals surface area (Å²) in [4.78, 5) is 11.6. The Morgan fingerprint density at radius 1 is 1.53 bits per heavy atom. The Labute approximate surface area is 90.1 Å². The van der Waals surface area contributed by atoms with Gasteiger partial charge in [0.05, 0.1) is 6.54 Å². The average Bonchev–Trinajstić information content (AvgIpc) is 2.66. The van der Waals surface area contributed by atoms with E-state index in [0.29, 0.717) is 13.2 Å². The van der Waals surface area contributed by atoms with Crippen LogP contribution in [0.1, 0.15) is 13.3 Å². The van der Waals surface area contributed by atoms with Crippen LogP contribution in [0.4, 0.5) is 0 Å². The largest absolute Gasteiger partial charge is 0.368 e. The molecule has 0 aromatic heterocycles. The van der Waals surface area contributed by atoms with Crippen molar-refractivity contribution in [1.29, 1.82) is 0 Å². The molecule has 5 heteroatoms. The number of methoxy groups -OCH3 is 2. The number of rotatable bonds is 5. The van der Waals surface area contributed by atoms with Gasteiger partial charge in [-0.05, 0) is 12.3 Å². The van der Waals surface area contributed by atoms with Crippen LogP contribution in [0.5, 0.6) is 0 Å². The number of carbonyl (C=O) groups is 1. The van der Waals surface area contributed by atoms with Crippen molar-refractivity contribution in [3.05, 3.63) is 0 Å². The molecule has 1 amide bonds. The summed E-state index contributed by atoms with van der Waals surface area (Å²) in [5.41, 5.74) is 0. The first-order chi connectivity index (χ1) is 7.19. The van der Waals surface area contributed by atoms with Crippen LogP contribution >= 0.6 is 0 Å². The Bertz CT molecular complexity index is 206.